The standard InChI is InChI=1S/C10H16N2O3/c1-3-7-12(2)9(15)11-10(8(13)14)5-4-6-10/h3H,1,4-7H2,2H3,(H,11,15)(H,13,14). The van der Waals surface area contributed by atoms with E-state index >= 15 is 0 Å². The summed E-state index contributed by atoms with van der Waals surface area (Å²) in [5.41, 5.74) is -1.04. The number of hydrogen-bond donors (Lipinski definition) is 2. The predicted octanol–water partition coefficient (Wildman–Crippen LogP) is 0.821. The molecule has 0 unspecified atom stereocenters. The van der Waals surface area contributed by atoms with Crippen molar-refractivity contribution in [3.63, 3.8) is 0 Å². The second-order valence-corrected chi connectivity index (χ2v) is 3.84. The number of urea groups is 1. The van der Waals surface area contributed by atoms with E-state index in [2.05, 4.69) is 11.9 Å². The smallest absolute Gasteiger partial charge is 0.329 e. The van der Waals surface area contributed by atoms with Crippen molar-refractivity contribution in [2.45, 2.75) is 24.8 Å². The summed E-state index contributed by atoms with van der Waals surface area (Å²) in [6, 6.07) is -0.364. The molecule has 84 valence electrons. The van der Waals surface area contributed by atoms with Crippen molar-refractivity contribution >= 4 is 12.0 Å². The molecule has 0 spiro atoms. The molecule has 1 aliphatic rings. The largest absolute Gasteiger partial charge is 0.480 e. The number of amides is 2. The van der Waals surface area contributed by atoms with Gasteiger partial charge in [0.1, 0.15) is 5.54 Å². The molecule has 1 saturated carbocycles. The van der Waals surface area contributed by atoms with Crippen LogP contribution in [0.2, 0.25) is 0 Å². The average Bonchev–Trinajstić information content (AvgIpc) is 2.10. The van der Waals surface area contributed by atoms with Crippen molar-refractivity contribution in [3.8, 4) is 0 Å². The number of hydrogen-bond acceptors (Lipinski definition) is 2. The molecule has 0 saturated heterocycles. The third-order valence-corrected chi connectivity index (χ3v) is 2.71. The summed E-state index contributed by atoms with van der Waals surface area (Å²) in [4.78, 5) is 23.9. The van der Waals surface area contributed by atoms with Gasteiger partial charge in [-0.3, -0.25) is 0 Å². The number of nitrogens with zero attached hydrogens (tertiary/aromatic N) is 1. The first-order valence-corrected chi connectivity index (χ1v) is 4.89. The number of aliphatic carboxylic acids is 1. The maximum Gasteiger partial charge on any atom is 0.329 e. The Hall–Kier alpha value is -1.52. The monoisotopic (exact) mass is 212 g/mol. The van der Waals surface area contributed by atoms with Crippen molar-refractivity contribution in [2.75, 3.05) is 13.6 Å². The van der Waals surface area contributed by atoms with Gasteiger partial charge in [-0.25, -0.2) is 9.59 Å². The molecule has 0 aliphatic heterocycles. The molecule has 0 bridgehead atoms. The van der Waals surface area contributed by atoms with Gasteiger partial charge in [-0.05, 0) is 19.3 Å². The van der Waals surface area contributed by atoms with E-state index in [9.17, 15) is 9.59 Å². The van der Waals surface area contributed by atoms with Crippen molar-refractivity contribution < 1.29 is 14.7 Å². The zero-order chi connectivity index (χ0) is 11.5. The Bertz CT molecular complexity index is 284. The molecule has 1 aliphatic carbocycles. The lowest BCUT2D eigenvalue weighted by Gasteiger charge is -2.39. The summed E-state index contributed by atoms with van der Waals surface area (Å²) in [6.45, 7) is 3.92. The van der Waals surface area contributed by atoms with Gasteiger partial charge < -0.3 is 15.3 Å². The molecule has 0 atom stereocenters. The summed E-state index contributed by atoms with van der Waals surface area (Å²) in [7, 11) is 1.60. The maximum atomic E-state index is 11.5. The van der Waals surface area contributed by atoms with E-state index < -0.39 is 11.5 Å². The third-order valence-electron chi connectivity index (χ3n) is 2.71. The molecule has 1 fully saturated rings. The van der Waals surface area contributed by atoms with Crippen LogP contribution in [0.1, 0.15) is 19.3 Å². The van der Waals surface area contributed by atoms with Gasteiger partial charge in [-0.2, -0.15) is 0 Å². The van der Waals surface area contributed by atoms with Gasteiger partial charge in [-0.15, -0.1) is 6.58 Å². The van der Waals surface area contributed by atoms with Crippen molar-refractivity contribution in [3.05, 3.63) is 12.7 Å². The number of rotatable bonds is 4. The lowest BCUT2D eigenvalue weighted by atomic mass is 9.77. The van der Waals surface area contributed by atoms with Gasteiger partial charge >= 0.3 is 12.0 Å². The topological polar surface area (TPSA) is 69.6 Å². The van der Waals surface area contributed by atoms with Crippen LogP contribution in [0.3, 0.4) is 0 Å². The number of carbonyl (C=O) groups is 2. The zero-order valence-electron chi connectivity index (χ0n) is 8.82. The molecule has 0 radical (unpaired) electrons. The molecule has 15 heavy (non-hydrogen) atoms. The van der Waals surface area contributed by atoms with Gasteiger partial charge in [-0.1, -0.05) is 6.08 Å². The first kappa shape index (κ1) is 11.6. The number of carboxylic acids is 1. The molecule has 0 aromatic carbocycles. The maximum absolute atomic E-state index is 11.5. The highest BCUT2D eigenvalue weighted by Gasteiger charge is 2.46. The molecule has 0 heterocycles. The highest BCUT2D eigenvalue weighted by Crippen LogP contribution is 2.32. The molecule has 5 nitrogen and oxygen atoms in total. The summed E-state index contributed by atoms with van der Waals surface area (Å²) in [6.07, 6.45) is 3.46. The van der Waals surface area contributed by atoms with E-state index in [-0.39, 0.29) is 6.03 Å². The fourth-order valence-corrected chi connectivity index (χ4v) is 1.50. The Morgan fingerprint density at radius 2 is 2.20 bits per heavy atom. The summed E-state index contributed by atoms with van der Waals surface area (Å²) >= 11 is 0. The predicted molar refractivity (Wildman–Crippen MR) is 55.6 cm³/mol. The third kappa shape index (κ3) is 2.29. The van der Waals surface area contributed by atoms with Crippen LogP contribution in [0.25, 0.3) is 0 Å². The van der Waals surface area contributed by atoms with Gasteiger partial charge in [0.25, 0.3) is 0 Å². The molecular formula is C10H16N2O3. The Morgan fingerprint density at radius 3 is 2.53 bits per heavy atom. The zero-order valence-corrected chi connectivity index (χ0v) is 8.82. The minimum atomic E-state index is -1.04. The van der Waals surface area contributed by atoms with Gasteiger partial charge in [0.05, 0.1) is 0 Å². The van der Waals surface area contributed by atoms with Crippen LogP contribution in [-0.2, 0) is 4.79 Å². The Kier molecular flexibility index (Phi) is 3.34. The minimum Gasteiger partial charge on any atom is -0.480 e. The lowest BCUT2D eigenvalue weighted by molar-refractivity contribution is -0.148. The van der Waals surface area contributed by atoms with Gasteiger partial charge in [0.2, 0.25) is 0 Å². The Morgan fingerprint density at radius 1 is 1.60 bits per heavy atom. The first-order chi connectivity index (χ1) is 7.02. The highest BCUT2D eigenvalue weighted by molar-refractivity contribution is 5.87. The van der Waals surface area contributed by atoms with Gasteiger partial charge in [0.15, 0.2) is 0 Å². The van der Waals surface area contributed by atoms with E-state index in [1.54, 1.807) is 13.1 Å². The number of likely N-dealkylation sites (N-methyl/N-ethyl adjacent to an activating group) is 1. The van der Waals surface area contributed by atoms with Crippen LogP contribution in [-0.4, -0.2) is 41.1 Å². The van der Waals surface area contributed by atoms with Crippen molar-refractivity contribution in [1.29, 1.82) is 0 Å². The number of nitrogens with one attached hydrogen (secondary N) is 1. The summed E-state index contributed by atoms with van der Waals surface area (Å²) in [5.74, 6) is -0.950. The molecule has 2 N–H and O–H groups in total. The van der Waals surface area contributed by atoms with E-state index in [4.69, 9.17) is 5.11 Å². The number of carbonyl (C=O) groups excluding carboxylic acids is 1. The molecule has 0 aromatic rings. The normalized spacial score (nSPS) is 17.4. The summed E-state index contributed by atoms with van der Waals surface area (Å²) in [5, 5.41) is 11.5. The second kappa shape index (κ2) is 4.33. The van der Waals surface area contributed by atoms with Crippen LogP contribution < -0.4 is 5.32 Å². The molecule has 5 heteroatoms. The van der Waals surface area contributed by atoms with E-state index in [1.165, 1.54) is 4.90 Å². The number of carboxylic acid groups (broad SMARTS) is 1. The minimum absolute atomic E-state index is 0.364. The quantitative estimate of drug-likeness (QED) is 0.678. The molecule has 2 amide bonds. The molecule has 1 rings (SSSR count). The second-order valence-electron chi connectivity index (χ2n) is 3.84. The SMILES string of the molecule is C=CCN(C)C(=O)NC1(C(=O)O)CCC1. The fourth-order valence-electron chi connectivity index (χ4n) is 1.50. The summed E-state index contributed by atoms with van der Waals surface area (Å²) < 4.78 is 0. The first-order valence-electron chi connectivity index (χ1n) is 4.89. The fraction of sp³-hybridized carbons (Fsp3) is 0.600. The average molecular weight is 212 g/mol. The van der Waals surface area contributed by atoms with Crippen LogP contribution in [0.4, 0.5) is 4.79 Å². The molecular weight excluding hydrogens is 196 g/mol. The van der Waals surface area contributed by atoms with E-state index in [1.807, 2.05) is 0 Å². The van der Waals surface area contributed by atoms with Crippen LogP contribution in [0.15, 0.2) is 12.7 Å². The van der Waals surface area contributed by atoms with E-state index in [0.29, 0.717) is 19.4 Å². The van der Waals surface area contributed by atoms with Crippen LogP contribution in [0.5, 0.6) is 0 Å². The van der Waals surface area contributed by atoms with E-state index in [0.717, 1.165) is 6.42 Å². The van der Waals surface area contributed by atoms with Gasteiger partial charge in [0, 0.05) is 13.6 Å². The van der Waals surface area contributed by atoms with Crippen molar-refractivity contribution in [1.82, 2.24) is 10.2 Å². The van der Waals surface area contributed by atoms with Crippen LogP contribution in [0, 0.1) is 0 Å². The highest BCUT2D eigenvalue weighted by atomic mass is 16.4. The Balaban J connectivity index is 2.56. The molecule has 0 aromatic heterocycles. The van der Waals surface area contributed by atoms with Crippen LogP contribution >= 0.6 is 0 Å². The Labute approximate surface area is 88.8 Å². The van der Waals surface area contributed by atoms with Crippen molar-refractivity contribution in [2.24, 2.45) is 0 Å². The lowest BCUT2D eigenvalue weighted by Crippen LogP contribution is -2.61.